The number of nitrogens with zero attached hydrogens (tertiary/aromatic N) is 1. The minimum absolute atomic E-state index is 0.0359. The lowest BCUT2D eigenvalue weighted by Crippen LogP contribution is -2.37. The number of hydrogen-bond acceptors (Lipinski definition) is 2. The van der Waals surface area contributed by atoms with Crippen molar-refractivity contribution in [1.82, 2.24) is 10.2 Å². The molecule has 0 radical (unpaired) electrons. The van der Waals surface area contributed by atoms with Gasteiger partial charge < -0.3 is 10.2 Å². The zero-order chi connectivity index (χ0) is 14.1. The Morgan fingerprint density at radius 2 is 2.30 bits per heavy atom. The fraction of sp³-hybridized carbons (Fsp3) is 0.562. The summed E-state index contributed by atoms with van der Waals surface area (Å²) in [4.78, 5) is 14.6. The summed E-state index contributed by atoms with van der Waals surface area (Å²) in [5.41, 5.74) is 0.925. The van der Waals surface area contributed by atoms with E-state index in [2.05, 4.69) is 12.2 Å². The second-order valence-corrected chi connectivity index (χ2v) is 6.09. The minimum Gasteiger partial charge on any atom is -0.335 e. The largest absolute Gasteiger partial charge is 0.335 e. The van der Waals surface area contributed by atoms with E-state index < -0.39 is 0 Å². The Morgan fingerprint density at radius 3 is 3.00 bits per heavy atom. The molecule has 2 heterocycles. The van der Waals surface area contributed by atoms with Crippen molar-refractivity contribution < 1.29 is 9.18 Å². The van der Waals surface area contributed by atoms with Crippen LogP contribution in [0.1, 0.15) is 31.4 Å². The molecule has 3 rings (SSSR count). The summed E-state index contributed by atoms with van der Waals surface area (Å²) < 4.78 is 13.4. The third-order valence-electron chi connectivity index (χ3n) is 4.44. The zero-order valence-electron chi connectivity index (χ0n) is 11.8. The lowest BCUT2D eigenvalue weighted by Gasteiger charge is -2.27. The first kappa shape index (κ1) is 13.6. The predicted molar refractivity (Wildman–Crippen MR) is 75.6 cm³/mol. The first-order valence-electron chi connectivity index (χ1n) is 7.42. The zero-order valence-corrected chi connectivity index (χ0v) is 11.8. The van der Waals surface area contributed by atoms with Gasteiger partial charge >= 0.3 is 0 Å². The molecule has 1 N–H and O–H groups in total. The second kappa shape index (κ2) is 5.52. The number of amides is 1. The summed E-state index contributed by atoms with van der Waals surface area (Å²) in [6, 6.07) is 6.71. The number of carbonyl (C=O) groups is 1. The quantitative estimate of drug-likeness (QED) is 0.899. The van der Waals surface area contributed by atoms with Crippen molar-refractivity contribution in [3.8, 4) is 0 Å². The molecule has 0 unspecified atom stereocenters. The monoisotopic (exact) mass is 276 g/mol. The maximum Gasteiger partial charge on any atom is 0.227 e. The van der Waals surface area contributed by atoms with E-state index in [-0.39, 0.29) is 23.7 Å². The van der Waals surface area contributed by atoms with Crippen LogP contribution in [0.3, 0.4) is 0 Å². The molecule has 2 fully saturated rings. The average molecular weight is 276 g/mol. The number of halogens is 1. The Balaban J connectivity index is 1.83. The summed E-state index contributed by atoms with van der Waals surface area (Å²) in [6.07, 6.45) is 1.84. The molecule has 1 aromatic rings. The molecule has 0 saturated carbocycles. The van der Waals surface area contributed by atoms with Crippen LogP contribution in [0.4, 0.5) is 4.39 Å². The maximum absolute atomic E-state index is 13.4. The minimum atomic E-state index is -0.225. The van der Waals surface area contributed by atoms with E-state index in [0.29, 0.717) is 5.92 Å². The molecule has 4 heteroatoms. The molecule has 2 saturated heterocycles. The third kappa shape index (κ3) is 2.57. The van der Waals surface area contributed by atoms with Gasteiger partial charge in [-0.15, -0.1) is 0 Å². The number of carbonyl (C=O) groups excluding carboxylic acids is 1. The topological polar surface area (TPSA) is 32.3 Å². The van der Waals surface area contributed by atoms with Gasteiger partial charge in [0.1, 0.15) is 5.82 Å². The maximum atomic E-state index is 13.4. The second-order valence-electron chi connectivity index (χ2n) is 6.09. The van der Waals surface area contributed by atoms with Crippen LogP contribution in [0, 0.1) is 17.7 Å². The number of likely N-dealkylation sites (tertiary alicyclic amines) is 1. The van der Waals surface area contributed by atoms with Crippen molar-refractivity contribution in [3.63, 3.8) is 0 Å². The summed E-state index contributed by atoms with van der Waals surface area (Å²) >= 11 is 0. The van der Waals surface area contributed by atoms with E-state index in [1.165, 1.54) is 6.07 Å². The Labute approximate surface area is 119 Å². The van der Waals surface area contributed by atoms with Gasteiger partial charge in [-0.05, 0) is 43.0 Å². The van der Waals surface area contributed by atoms with Crippen LogP contribution in [-0.4, -0.2) is 30.4 Å². The SMILES string of the molecule is C[C@@H]1C[C@H](c2cccc(F)c2)N(C(=O)[C@H]2CCNC2)C1. The highest BCUT2D eigenvalue weighted by Gasteiger charge is 2.37. The van der Waals surface area contributed by atoms with Gasteiger partial charge in [0, 0.05) is 13.1 Å². The van der Waals surface area contributed by atoms with Gasteiger partial charge in [0.05, 0.1) is 12.0 Å². The number of benzene rings is 1. The summed E-state index contributed by atoms with van der Waals surface area (Å²) in [6.45, 7) is 4.65. The van der Waals surface area contributed by atoms with Crippen LogP contribution < -0.4 is 5.32 Å². The molecule has 1 aromatic carbocycles. The normalized spacial score (nSPS) is 29.9. The van der Waals surface area contributed by atoms with Crippen LogP contribution in [-0.2, 0) is 4.79 Å². The molecular formula is C16H21FN2O. The molecular weight excluding hydrogens is 255 g/mol. The number of hydrogen-bond donors (Lipinski definition) is 1. The van der Waals surface area contributed by atoms with Crippen LogP contribution in [0.25, 0.3) is 0 Å². The fourth-order valence-corrected chi connectivity index (χ4v) is 3.42. The molecule has 0 aromatic heterocycles. The third-order valence-corrected chi connectivity index (χ3v) is 4.44. The molecule has 3 atom stereocenters. The Morgan fingerprint density at radius 1 is 1.45 bits per heavy atom. The van der Waals surface area contributed by atoms with E-state index in [9.17, 15) is 9.18 Å². The van der Waals surface area contributed by atoms with Crippen molar-refractivity contribution >= 4 is 5.91 Å². The van der Waals surface area contributed by atoms with E-state index in [0.717, 1.165) is 38.0 Å². The molecule has 108 valence electrons. The van der Waals surface area contributed by atoms with Gasteiger partial charge in [-0.2, -0.15) is 0 Å². The molecule has 2 aliphatic rings. The van der Waals surface area contributed by atoms with Crippen LogP contribution in [0.15, 0.2) is 24.3 Å². The number of nitrogens with one attached hydrogen (secondary N) is 1. The summed E-state index contributed by atoms with van der Waals surface area (Å²) in [5.74, 6) is 0.573. The highest BCUT2D eigenvalue weighted by Crippen LogP contribution is 2.36. The van der Waals surface area contributed by atoms with E-state index in [1.54, 1.807) is 12.1 Å². The van der Waals surface area contributed by atoms with E-state index >= 15 is 0 Å². The van der Waals surface area contributed by atoms with Crippen molar-refractivity contribution in [3.05, 3.63) is 35.6 Å². The summed E-state index contributed by atoms with van der Waals surface area (Å²) in [5, 5.41) is 3.24. The number of rotatable bonds is 2. The Hall–Kier alpha value is -1.42. The van der Waals surface area contributed by atoms with Gasteiger partial charge in [0.25, 0.3) is 0 Å². The highest BCUT2D eigenvalue weighted by atomic mass is 19.1. The fourth-order valence-electron chi connectivity index (χ4n) is 3.42. The average Bonchev–Trinajstić information content (AvgIpc) is 3.07. The van der Waals surface area contributed by atoms with Crippen molar-refractivity contribution in [2.45, 2.75) is 25.8 Å². The van der Waals surface area contributed by atoms with E-state index in [4.69, 9.17) is 0 Å². The first-order valence-corrected chi connectivity index (χ1v) is 7.42. The van der Waals surface area contributed by atoms with Gasteiger partial charge in [-0.25, -0.2) is 4.39 Å². The van der Waals surface area contributed by atoms with Gasteiger partial charge in [-0.1, -0.05) is 19.1 Å². The van der Waals surface area contributed by atoms with E-state index in [1.807, 2.05) is 11.0 Å². The predicted octanol–water partition coefficient (Wildman–Crippen LogP) is 2.34. The van der Waals surface area contributed by atoms with Crippen molar-refractivity contribution in [2.24, 2.45) is 11.8 Å². The Kier molecular flexibility index (Phi) is 3.74. The van der Waals surface area contributed by atoms with Crippen molar-refractivity contribution in [1.29, 1.82) is 0 Å². The van der Waals surface area contributed by atoms with Crippen LogP contribution in [0.5, 0.6) is 0 Å². The van der Waals surface area contributed by atoms with Gasteiger partial charge in [-0.3, -0.25) is 4.79 Å². The standard InChI is InChI=1S/C16H21FN2O/c1-11-7-15(12-3-2-4-14(17)8-12)19(10-11)16(20)13-5-6-18-9-13/h2-4,8,11,13,15,18H,5-7,9-10H2,1H3/t11-,13+,15-/m1/s1. The molecule has 3 nitrogen and oxygen atoms in total. The highest BCUT2D eigenvalue weighted by molar-refractivity contribution is 5.80. The molecule has 0 spiro atoms. The smallest absolute Gasteiger partial charge is 0.227 e. The van der Waals surface area contributed by atoms with Crippen LogP contribution >= 0.6 is 0 Å². The molecule has 20 heavy (non-hydrogen) atoms. The lowest BCUT2D eigenvalue weighted by molar-refractivity contribution is -0.136. The van der Waals surface area contributed by atoms with Crippen molar-refractivity contribution in [2.75, 3.05) is 19.6 Å². The van der Waals surface area contributed by atoms with Crippen LogP contribution in [0.2, 0.25) is 0 Å². The molecule has 0 aliphatic carbocycles. The lowest BCUT2D eigenvalue weighted by atomic mass is 10.00. The molecule has 1 amide bonds. The molecule has 0 bridgehead atoms. The van der Waals surface area contributed by atoms with Gasteiger partial charge in [0.15, 0.2) is 0 Å². The first-order chi connectivity index (χ1) is 9.65. The summed E-state index contributed by atoms with van der Waals surface area (Å²) in [7, 11) is 0. The molecule has 2 aliphatic heterocycles. The van der Waals surface area contributed by atoms with Gasteiger partial charge in [0.2, 0.25) is 5.91 Å². The Bertz CT molecular complexity index is 499.